The number of H-pyrrole nitrogens is 3. The van der Waals surface area contributed by atoms with Gasteiger partial charge in [0.2, 0.25) is 0 Å². The molecule has 0 aromatic carbocycles. The summed E-state index contributed by atoms with van der Waals surface area (Å²) in [5.41, 5.74) is 3.02. The molecule has 0 fully saturated rings. The predicted molar refractivity (Wildman–Crippen MR) is 122 cm³/mol. The smallest absolute Gasteiger partial charge is 0.144 e. The van der Waals surface area contributed by atoms with E-state index in [-0.39, 0.29) is 0 Å². The Morgan fingerprint density at radius 2 is 1.66 bits per heavy atom. The Morgan fingerprint density at radius 3 is 2.38 bits per heavy atom. The van der Waals surface area contributed by atoms with Gasteiger partial charge in [0.05, 0.1) is 24.2 Å². The second-order valence-electron chi connectivity index (χ2n) is 7.45. The van der Waals surface area contributed by atoms with Gasteiger partial charge in [0.15, 0.2) is 0 Å². The van der Waals surface area contributed by atoms with Crippen LogP contribution in [0.15, 0.2) is 49.2 Å². The Balaban J connectivity index is 1.55. The van der Waals surface area contributed by atoms with E-state index in [2.05, 4.69) is 45.8 Å². The van der Waals surface area contributed by atoms with Crippen molar-refractivity contribution in [2.75, 3.05) is 7.11 Å². The van der Waals surface area contributed by atoms with Crippen LogP contribution in [0.25, 0.3) is 23.5 Å². The molecule has 0 aliphatic heterocycles. The molecule has 0 saturated carbocycles. The van der Waals surface area contributed by atoms with Gasteiger partial charge < -0.3 is 19.7 Å². The van der Waals surface area contributed by atoms with Crippen molar-refractivity contribution in [2.24, 2.45) is 0 Å². The van der Waals surface area contributed by atoms with Crippen LogP contribution in [0.1, 0.15) is 57.1 Å². The molecule has 3 aromatic rings. The summed E-state index contributed by atoms with van der Waals surface area (Å²) >= 11 is 0. The van der Waals surface area contributed by atoms with E-state index in [9.17, 15) is 0 Å². The maximum Gasteiger partial charge on any atom is 0.144 e. The first-order chi connectivity index (χ1) is 14.3. The highest BCUT2D eigenvalue weighted by Gasteiger charge is 2.08. The van der Waals surface area contributed by atoms with Crippen molar-refractivity contribution < 1.29 is 4.74 Å². The van der Waals surface area contributed by atoms with Crippen LogP contribution < -0.4 is 15.4 Å². The molecule has 4 heteroatoms. The normalized spacial score (nSPS) is 12.6. The van der Waals surface area contributed by atoms with E-state index < -0.39 is 0 Å². The lowest BCUT2D eigenvalue weighted by Crippen LogP contribution is -2.09. The fraction of sp³-hybridized carbons (Fsp3) is 0.360. The molecule has 0 saturated heterocycles. The zero-order valence-electron chi connectivity index (χ0n) is 17.5. The Labute approximate surface area is 173 Å². The molecular weight excluding hydrogens is 358 g/mol. The molecule has 29 heavy (non-hydrogen) atoms. The van der Waals surface area contributed by atoms with Gasteiger partial charge in [0, 0.05) is 23.0 Å². The molecule has 0 radical (unpaired) electrons. The summed E-state index contributed by atoms with van der Waals surface area (Å²) in [4.78, 5) is 10.1. The van der Waals surface area contributed by atoms with Crippen molar-refractivity contribution in [3.05, 3.63) is 65.6 Å². The molecule has 0 unspecified atom stereocenters. The molecule has 3 heterocycles. The van der Waals surface area contributed by atoms with Crippen LogP contribution in [0, 0.1) is 0 Å². The minimum atomic E-state index is 0.836. The summed E-state index contributed by atoms with van der Waals surface area (Å²) in [5.74, 6) is 0.836. The number of nitrogens with one attached hydrogen (secondary N) is 3. The molecule has 3 rings (SSSR count). The first kappa shape index (κ1) is 20.8. The van der Waals surface area contributed by atoms with Crippen molar-refractivity contribution in [3.63, 3.8) is 0 Å². The molecule has 0 bridgehead atoms. The highest BCUT2D eigenvalue weighted by atomic mass is 16.5. The molecule has 4 nitrogen and oxygen atoms in total. The molecule has 3 aromatic heterocycles. The molecule has 0 aliphatic carbocycles. The second kappa shape index (κ2) is 11.2. The number of ether oxygens (including phenoxy) is 1. The van der Waals surface area contributed by atoms with Crippen molar-refractivity contribution in [1.82, 2.24) is 15.0 Å². The molecule has 0 atom stereocenters. The number of aromatic nitrogens is 3. The quantitative estimate of drug-likeness (QED) is 0.286. The summed E-state index contributed by atoms with van der Waals surface area (Å²) in [6.07, 6.45) is 18.5. The zero-order chi connectivity index (χ0) is 20.3. The van der Waals surface area contributed by atoms with Crippen molar-refractivity contribution in [2.45, 2.75) is 51.4 Å². The topological polar surface area (TPSA) is 56.6 Å². The minimum Gasteiger partial charge on any atom is -0.494 e. The third-order valence-corrected chi connectivity index (χ3v) is 5.18. The largest absolute Gasteiger partial charge is 0.494 e. The molecule has 0 amide bonds. The number of hydrogen-bond acceptors (Lipinski definition) is 1. The van der Waals surface area contributed by atoms with Gasteiger partial charge in [-0.3, -0.25) is 0 Å². The van der Waals surface area contributed by atoms with E-state index in [0.29, 0.717) is 0 Å². The molecular formula is C25H33N3O. The minimum absolute atomic E-state index is 0.836. The molecule has 154 valence electrons. The third kappa shape index (κ3) is 6.31. The monoisotopic (exact) mass is 391 g/mol. The Kier molecular flexibility index (Phi) is 8.05. The molecule has 0 aliphatic rings. The number of hydrogen-bond donors (Lipinski definition) is 3. The first-order valence-corrected chi connectivity index (χ1v) is 10.7. The van der Waals surface area contributed by atoms with Crippen molar-refractivity contribution in [1.29, 1.82) is 0 Å². The van der Waals surface area contributed by atoms with Gasteiger partial charge >= 0.3 is 0 Å². The summed E-state index contributed by atoms with van der Waals surface area (Å²) < 4.78 is 5.53. The lowest BCUT2D eigenvalue weighted by atomic mass is 10.1. The zero-order valence-corrected chi connectivity index (χ0v) is 17.5. The lowest BCUT2D eigenvalue weighted by Gasteiger charge is -1.98. The van der Waals surface area contributed by atoms with Crippen molar-refractivity contribution in [3.8, 4) is 17.1 Å². The lowest BCUT2D eigenvalue weighted by molar-refractivity contribution is 0.414. The predicted octanol–water partition coefficient (Wildman–Crippen LogP) is 5.26. The van der Waals surface area contributed by atoms with Gasteiger partial charge in [-0.25, -0.2) is 0 Å². The molecule has 3 N–H and O–H groups in total. The maximum absolute atomic E-state index is 5.53. The summed E-state index contributed by atoms with van der Waals surface area (Å²) in [7, 11) is 1.70. The van der Waals surface area contributed by atoms with E-state index in [4.69, 9.17) is 4.74 Å². The van der Waals surface area contributed by atoms with E-state index in [1.807, 2.05) is 30.5 Å². The van der Waals surface area contributed by atoms with Gasteiger partial charge in [-0.2, -0.15) is 0 Å². The summed E-state index contributed by atoms with van der Waals surface area (Å²) in [5, 5.41) is 2.24. The van der Waals surface area contributed by atoms with E-state index >= 15 is 0 Å². The first-order valence-electron chi connectivity index (χ1n) is 10.7. The van der Waals surface area contributed by atoms with Crippen LogP contribution in [-0.4, -0.2) is 22.1 Å². The standard InChI is InChI=1S/C25H33N3O/c1-3-4-5-6-7-8-9-10-11-13-20-15-16-21(27-20)18-24-25(29-2)19-23(28-24)22-14-12-17-26-22/h3,12-19,26-28H,1,4-11H2,2H3. The number of methoxy groups -OCH3 is 1. The average molecular weight is 392 g/mol. The highest BCUT2D eigenvalue weighted by Crippen LogP contribution is 2.26. The van der Waals surface area contributed by atoms with Crippen LogP contribution in [0.3, 0.4) is 0 Å². The number of unbranched alkanes of at least 4 members (excludes halogenated alkanes) is 7. The third-order valence-electron chi connectivity index (χ3n) is 5.18. The van der Waals surface area contributed by atoms with Crippen LogP contribution in [0.2, 0.25) is 0 Å². The van der Waals surface area contributed by atoms with Gasteiger partial charge in [-0.05, 0) is 56.0 Å². The number of rotatable bonds is 12. The average Bonchev–Trinajstić information content (AvgIpc) is 3.48. The van der Waals surface area contributed by atoms with Crippen LogP contribution in [-0.2, 0) is 0 Å². The van der Waals surface area contributed by atoms with Gasteiger partial charge in [0.25, 0.3) is 0 Å². The number of allylic oxidation sites excluding steroid dienone is 1. The van der Waals surface area contributed by atoms with Gasteiger partial charge in [-0.15, -0.1) is 6.58 Å². The van der Waals surface area contributed by atoms with Crippen LogP contribution in [0.5, 0.6) is 5.75 Å². The maximum atomic E-state index is 5.53. The highest BCUT2D eigenvalue weighted by molar-refractivity contribution is 5.65. The fourth-order valence-electron chi connectivity index (χ4n) is 3.56. The SMILES string of the molecule is C=CCCCCCCCCC=c1ccc(=Cc2[nH]c(-c3ccc[nH]3)cc2OC)[nH]1. The van der Waals surface area contributed by atoms with Crippen LogP contribution in [0.4, 0.5) is 0 Å². The fourth-order valence-corrected chi connectivity index (χ4v) is 3.56. The van der Waals surface area contributed by atoms with E-state index in [0.717, 1.165) is 41.0 Å². The van der Waals surface area contributed by atoms with Gasteiger partial charge in [-0.1, -0.05) is 37.8 Å². The Hall–Kier alpha value is -2.88. The summed E-state index contributed by atoms with van der Waals surface area (Å²) in [6, 6.07) is 10.3. The Morgan fingerprint density at radius 1 is 0.897 bits per heavy atom. The van der Waals surface area contributed by atoms with Crippen molar-refractivity contribution >= 4 is 12.2 Å². The van der Waals surface area contributed by atoms with Crippen LogP contribution >= 0.6 is 0 Å². The van der Waals surface area contributed by atoms with Gasteiger partial charge in [0.1, 0.15) is 5.75 Å². The molecule has 0 spiro atoms. The summed E-state index contributed by atoms with van der Waals surface area (Å²) in [6.45, 7) is 3.77. The van der Waals surface area contributed by atoms with E-state index in [1.165, 1.54) is 43.9 Å². The second-order valence-corrected chi connectivity index (χ2v) is 7.45. The van der Waals surface area contributed by atoms with E-state index in [1.54, 1.807) is 7.11 Å². The Bertz CT molecular complexity index is 976. The number of aromatic amines is 3.